The molecule has 0 aromatic carbocycles. The molecule has 2 nitrogen and oxygen atoms in total. The summed E-state index contributed by atoms with van der Waals surface area (Å²) in [4.78, 5) is 12.5. The van der Waals surface area contributed by atoms with Crippen LogP contribution in [0.25, 0.3) is 0 Å². The van der Waals surface area contributed by atoms with E-state index in [1.54, 1.807) is 7.11 Å². The van der Waals surface area contributed by atoms with E-state index in [0.29, 0.717) is 17.6 Å². The van der Waals surface area contributed by atoms with Gasteiger partial charge in [0.25, 0.3) is 0 Å². The molecule has 1 aliphatic rings. The molecular weight excluding hydrogens is 248 g/mol. The van der Waals surface area contributed by atoms with Crippen molar-refractivity contribution in [1.29, 1.82) is 0 Å². The van der Waals surface area contributed by atoms with Crippen LogP contribution < -0.4 is 0 Å². The van der Waals surface area contributed by atoms with Gasteiger partial charge in [0.15, 0.2) is 5.78 Å². The summed E-state index contributed by atoms with van der Waals surface area (Å²) in [5.74, 6) is 0.353. The Morgan fingerprint density at radius 2 is 1.50 bits per heavy atom. The summed E-state index contributed by atoms with van der Waals surface area (Å²) in [6, 6.07) is 0. The number of methoxy groups -OCH3 is 1. The zero-order chi connectivity index (χ0) is 15.1. The second kappa shape index (κ2) is 8.17. The van der Waals surface area contributed by atoms with Crippen LogP contribution in [0.2, 0.25) is 0 Å². The summed E-state index contributed by atoms with van der Waals surface area (Å²) in [5, 5.41) is 0. The van der Waals surface area contributed by atoms with E-state index in [1.807, 2.05) is 0 Å². The molecule has 2 heteroatoms. The number of unbranched alkanes of at least 4 members (excludes halogenated alkanes) is 5. The minimum absolute atomic E-state index is 0.353. The lowest BCUT2D eigenvalue weighted by atomic mass is 9.69. The molecule has 0 saturated heterocycles. The molecule has 0 heterocycles. The van der Waals surface area contributed by atoms with Gasteiger partial charge in [-0.2, -0.15) is 0 Å². The Labute approximate surface area is 125 Å². The van der Waals surface area contributed by atoms with Gasteiger partial charge in [-0.1, -0.05) is 52.9 Å². The molecular formula is C18H34O2. The molecule has 1 fully saturated rings. The predicted octanol–water partition coefficient (Wildman–Crippen LogP) is 5.29. The van der Waals surface area contributed by atoms with Crippen LogP contribution in [-0.2, 0) is 9.53 Å². The Morgan fingerprint density at radius 1 is 0.950 bits per heavy atom. The van der Waals surface area contributed by atoms with E-state index in [0.717, 1.165) is 32.1 Å². The first-order valence-electron chi connectivity index (χ1n) is 8.54. The summed E-state index contributed by atoms with van der Waals surface area (Å²) in [6.45, 7) is 6.83. The Bertz CT molecular complexity index is 284. The second-order valence-electron chi connectivity index (χ2n) is 7.30. The van der Waals surface area contributed by atoms with Crippen molar-refractivity contribution in [3.8, 4) is 0 Å². The van der Waals surface area contributed by atoms with Crippen LogP contribution in [0.4, 0.5) is 0 Å². The molecule has 0 radical (unpaired) electrons. The van der Waals surface area contributed by atoms with Crippen LogP contribution in [0.3, 0.4) is 0 Å². The highest BCUT2D eigenvalue weighted by Gasteiger charge is 2.43. The highest BCUT2D eigenvalue weighted by atomic mass is 16.5. The fourth-order valence-electron chi connectivity index (χ4n) is 3.22. The first-order valence-corrected chi connectivity index (χ1v) is 8.54. The summed E-state index contributed by atoms with van der Waals surface area (Å²) >= 11 is 0. The summed E-state index contributed by atoms with van der Waals surface area (Å²) < 4.78 is 5.68. The van der Waals surface area contributed by atoms with E-state index < -0.39 is 5.60 Å². The van der Waals surface area contributed by atoms with Gasteiger partial charge in [-0.05, 0) is 37.5 Å². The van der Waals surface area contributed by atoms with Crippen molar-refractivity contribution in [2.75, 3.05) is 7.11 Å². The smallest absolute Gasteiger partial charge is 0.164 e. The Hall–Kier alpha value is -0.370. The molecule has 0 spiro atoms. The molecule has 0 aromatic rings. The molecule has 0 amide bonds. The Balaban J connectivity index is 2.33. The molecule has 1 rings (SSSR count). The molecule has 20 heavy (non-hydrogen) atoms. The van der Waals surface area contributed by atoms with Gasteiger partial charge >= 0.3 is 0 Å². The van der Waals surface area contributed by atoms with Crippen molar-refractivity contribution < 1.29 is 9.53 Å². The van der Waals surface area contributed by atoms with Gasteiger partial charge in [0, 0.05) is 13.5 Å². The first-order chi connectivity index (χ1) is 9.46. The van der Waals surface area contributed by atoms with Crippen LogP contribution in [0.1, 0.15) is 91.4 Å². The third-order valence-electron chi connectivity index (χ3n) is 5.07. The van der Waals surface area contributed by atoms with E-state index in [9.17, 15) is 4.79 Å². The fourth-order valence-corrected chi connectivity index (χ4v) is 3.22. The summed E-state index contributed by atoms with van der Waals surface area (Å²) in [5.41, 5.74) is -0.0819. The van der Waals surface area contributed by atoms with Gasteiger partial charge < -0.3 is 4.74 Å². The predicted molar refractivity (Wildman–Crippen MR) is 85.0 cm³/mol. The maximum Gasteiger partial charge on any atom is 0.164 e. The van der Waals surface area contributed by atoms with E-state index >= 15 is 0 Å². The number of Topliss-reactive ketones (excluding diaryl/α,β-unsaturated/α-hetero) is 1. The standard InChI is InChI=1S/C18H34O2/c1-5-6-7-8-9-10-11-16(19)18(20-4)14-12-17(2,3)13-15-18/h5-15H2,1-4H3. The molecule has 0 aliphatic heterocycles. The second-order valence-corrected chi connectivity index (χ2v) is 7.30. The van der Waals surface area contributed by atoms with Crippen LogP contribution >= 0.6 is 0 Å². The molecule has 118 valence electrons. The van der Waals surface area contributed by atoms with Crippen molar-refractivity contribution in [1.82, 2.24) is 0 Å². The van der Waals surface area contributed by atoms with Crippen molar-refractivity contribution in [3.05, 3.63) is 0 Å². The average molecular weight is 282 g/mol. The zero-order valence-electron chi connectivity index (χ0n) is 14.1. The maximum absolute atomic E-state index is 12.5. The number of hydrogen-bond donors (Lipinski definition) is 0. The largest absolute Gasteiger partial charge is 0.370 e. The van der Waals surface area contributed by atoms with Gasteiger partial charge in [-0.25, -0.2) is 0 Å². The van der Waals surface area contributed by atoms with E-state index in [4.69, 9.17) is 4.74 Å². The van der Waals surface area contributed by atoms with Crippen molar-refractivity contribution >= 4 is 5.78 Å². The highest BCUT2D eigenvalue weighted by molar-refractivity contribution is 5.87. The van der Waals surface area contributed by atoms with Gasteiger partial charge in [0.1, 0.15) is 5.60 Å². The van der Waals surface area contributed by atoms with Gasteiger partial charge in [-0.15, -0.1) is 0 Å². The molecule has 1 aliphatic carbocycles. The Kier molecular flexibility index (Phi) is 7.22. The lowest BCUT2D eigenvalue weighted by molar-refractivity contribution is -0.148. The summed E-state index contributed by atoms with van der Waals surface area (Å²) in [7, 11) is 1.72. The highest BCUT2D eigenvalue weighted by Crippen LogP contribution is 2.42. The van der Waals surface area contributed by atoms with Crippen molar-refractivity contribution in [2.45, 2.75) is 97.0 Å². The molecule has 0 atom stereocenters. The molecule has 1 saturated carbocycles. The molecule has 0 aromatic heterocycles. The fraction of sp³-hybridized carbons (Fsp3) is 0.944. The quantitative estimate of drug-likeness (QED) is 0.537. The zero-order valence-corrected chi connectivity index (χ0v) is 14.1. The number of rotatable bonds is 9. The SMILES string of the molecule is CCCCCCCCC(=O)C1(OC)CCC(C)(C)CC1. The number of carbonyl (C=O) groups is 1. The Morgan fingerprint density at radius 3 is 2.05 bits per heavy atom. The number of hydrogen-bond acceptors (Lipinski definition) is 2. The average Bonchev–Trinajstić information content (AvgIpc) is 2.43. The van der Waals surface area contributed by atoms with Crippen LogP contribution in [0, 0.1) is 5.41 Å². The first kappa shape index (κ1) is 17.7. The molecule has 0 bridgehead atoms. The van der Waals surface area contributed by atoms with E-state index in [1.165, 1.54) is 32.1 Å². The number of carbonyl (C=O) groups excluding carboxylic acids is 1. The molecule has 0 N–H and O–H groups in total. The van der Waals surface area contributed by atoms with Gasteiger partial charge in [0.05, 0.1) is 0 Å². The van der Waals surface area contributed by atoms with E-state index in [2.05, 4.69) is 20.8 Å². The van der Waals surface area contributed by atoms with Gasteiger partial charge in [-0.3, -0.25) is 4.79 Å². The third kappa shape index (κ3) is 5.20. The maximum atomic E-state index is 12.5. The minimum Gasteiger partial charge on any atom is -0.370 e. The van der Waals surface area contributed by atoms with Crippen LogP contribution in [0.15, 0.2) is 0 Å². The van der Waals surface area contributed by atoms with Crippen molar-refractivity contribution in [3.63, 3.8) is 0 Å². The lowest BCUT2D eigenvalue weighted by Gasteiger charge is -2.41. The van der Waals surface area contributed by atoms with Crippen molar-refractivity contribution in [2.24, 2.45) is 5.41 Å². The molecule has 0 unspecified atom stereocenters. The monoisotopic (exact) mass is 282 g/mol. The van der Waals surface area contributed by atoms with Crippen LogP contribution in [-0.4, -0.2) is 18.5 Å². The normalized spacial score (nSPS) is 20.8. The third-order valence-corrected chi connectivity index (χ3v) is 5.07. The van der Waals surface area contributed by atoms with Crippen LogP contribution in [0.5, 0.6) is 0 Å². The summed E-state index contributed by atoms with van der Waals surface area (Å²) in [6.07, 6.45) is 12.1. The van der Waals surface area contributed by atoms with Gasteiger partial charge in [0.2, 0.25) is 0 Å². The van der Waals surface area contributed by atoms with E-state index in [-0.39, 0.29) is 0 Å². The topological polar surface area (TPSA) is 26.3 Å². The number of ether oxygens (including phenoxy) is 1. The number of ketones is 1. The minimum atomic E-state index is -0.459. The lowest BCUT2D eigenvalue weighted by Crippen LogP contribution is -2.45.